The third kappa shape index (κ3) is 12.6. The molecule has 21 heavy (non-hydrogen) atoms. The highest BCUT2D eigenvalue weighted by Crippen LogP contribution is 2.19. The molecule has 0 aliphatic heterocycles. The van der Waals surface area contributed by atoms with Gasteiger partial charge in [-0.2, -0.15) is 0 Å². The molecule has 0 aromatic heterocycles. The monoisotopic (exact) mass is 296 g/mol. The average Bonchev–Trinajstić information content (AvgIpc) is 2.47. The number of hydrogen-bond acceptors (Lipinski definition) is 2. The van der Waals surface area contributed by atoms with Crippen LogP contribution in [-0.4, -0.2) is 12.6 Å². The number of ether oxygens (including phenoxy) is 1. The number of hydrogen-bond donors (Lipinski definition) is 0. The Morgan fingerprint density at radius 3 is 1.95 bits per heavy atom. The second-order valence-corrected chi connectivity index (χ2v) is 6.30. The van der Waals surface area contributed by atoms with Crippen LogP contribution in [0.5, 0.6) is 0 Å². The molecule has 1 atom stereocenters. The molecule has 0 heterocycles. The molecule has 0 aliphatic rings. The summed E-state index contributed by atoms with van der Waals surface area (Å²) in [6.45, 7) is 10.4. The third-order valence-electron chi connectivity index (χ3n) is 3.98. The van der Waals surface area contributed by atoms with E-state index in [0.717, 1.165) is 0 Å². The quantitative estimate of drug-likeness (QED) is 0.221. The predicted molar refractivity (Wildman–Crippen MR) is 91.4 cm³/mol. The first-order valence-electron chi connectivity index (χ1n) is 8.94. The van der Waals surface area contributed by atoms with E-state index in [1.165, 1.54) is 70.6 Å². The molecule has 0 spiro atoms. The number of rotatable bonds is 14. The van der Waals surface area contributed by atoms with Gasteiger partial charge >= 0.3 is 5.97 Å². The third-order valence-corrected chi connectivity index (χ3v) is 3.98. The molecular formula is C19H36O2. The Balaban J connectivity index is 3.90. The van der Waals surface area contributed by atoms with Crippen LogP contribution in [0.15, 0.2) is 12.2 Å². The fourth-order valence-electron chi connectivity index (χ4n) is 2.52. The van der Waals surface area contributed by atoms with Crippen LogP contribution in [0.4, 0.5) is 0 Å². The molecule has 0 radical (unpaired) electrons. The second-order valence-electron chi connectivity index (χ2n) is 6.30. The van der Waals surface area contributed by atoms with Crippen LogP contribution < -0.4 is 0 Å². The topological polar surface area (TPSA) is 26.3 Å². The zero-order valence-corrected chi connectivity index (χ0v) is 14.6. The summed E-state index contributed by atoms with van der Waals surface area (Å²) >= 11 is 0. The van der Waals surface area contributed by atoms with Crippen molar-refractivity contribution in [1.82, 2.24) is 0 Å². The molecule has 0 fully saturated rings. The Labute approximate surface area is 132 Å². The van der Waals surface area contributed by atoms with Crippen molar-refractivity contribution in [2.45, 2.75) is 91.4 Å². The number of carbonyl (C=O) groups is 1. The summed E-state index contributed by atoms with van der Waals surface area (Å²) in [7, 11) is 0. The molecule has 0 saturated carbocycles. The van der Waals surface area contributed by atoms with Crippen molar-refractivity contribution in [3.8, 4) is 0 Å². The van der Waals surface area contributed by atoms with E-state index in [1.807, 2.05) is 0 Å². The van der Waals surface area contributed by atoms with Gasteiger partial charge in [-0.25, -0.2) is 4.79 Å². The predicted octanol–water partition coefficient (Wildman–Crippen LogP) is 6.05. The van der Waals surface area contributed by atoms with Crippen molar-refractivity contribution >= 4 is 5.97 Å². The lowest BCUT2D eigenvalue weighted by Crippen LogP contribution is -2.15. The lowest BCUT2D eigenvalue weighted by molar-refractivity contribution is -0.140. The van der Waals surface area contributed by atoms with Crippen molar-refractivity contribution in [3.63, 3.8) is 0 Å². The zero-order chi connectivity index (χ0) is 15.9. The first kappa shape index (κ1) is 20.2. The van der Waals surface area contributed by atoms with Crippen molar-refractivity contribution < 1.29 is 9.53 Å². The van der Waals surface area contributed by atoms with Gasteiger partial charge in [-0.05, 0) is 25.7 Å². The molecule has 0 saturated heterocycles. The molecule has 0 amide bonds. The Hall–Kier alpha value is -0.790. The minimum atomic E-state index is -0.238. The van der Waals surface area contributed by atoms with E-state index in [-0.39, 0.29) is 5.97 Å². The van der Waals surface area contributed by atoms with Gasteiger partial charge in [0.25, 0.3) is 0 Å². The summed E-state index contributed by atoms with van der Waals surface area (Å²) in [5.74, 6) is 0.296. The molecule has 2 nitrogen and oxygen atoms in total. The van der Waals surface area contributed by atoms with E-state index in [2.05, 4.69) is 20.4 Å². The van der Waals surface area contributed by atoms with Crippen molar-refractivity contribution in [2.75, 3.05) is 6.61 Å². The van der Waals surface area contributed by atoms with Crippen LogP contribution in [0.1, 0.15) is 91.4 Å². The highest BCUT2D eigenvalue weighted by Gasteiger charge is 2.12. The van der Waals surface area contributed by atoms with E-state index >= 15 is 0 Å². The van der Waals surface area contributed by atoms with Gasteiger partial charge in [-0.15, -0.1) is 0 Å². The van der Waals surface area contributed by atoms with Gasteiger partial charge < -0.3 is 4.74 Å². The molecule has 2 heteroatoms. The van der Waals surface area contributed by atoms with Crippen molar-refractivity contribution in [2.24, 2.45) is 5.92 Å². The van der Waals surface area contributed by atoms with Crippen molar-refractivity contribution in [1.29, 1.82) is 0 Å². The van der Waals surface area contributed by atoms with E-state index in [4.69, 9.17) is 4.74 Å². The van der Waals surface area contributed by atoms with Crippen LogP contribution >= 0.6 is 0 Å². The minimum Gasteiger partial charge on any atom is -0.462 e. The Morgan fingerprint density at radius 1 is 0.905 bits per heavy atom. The van der Waals surface area contributed by atoms with Crippen LogP contribution in [0.3, 0.4) is 0 Å². The molecule has 1 unspecified atom stereocenters. The molecule has 124 valence electrons. The summed E-state index contributed by atoms with van der Waals surface area (Å²) in [4.78, 5) is 11.5. The van der Waals surface area contributed by atoms with E-state index in [0.29, 0.717) is 18.1 Å². The van der Waals surface area contributed by atoms with Crippen LogP contribution in [-0.2, 0) is 9.53 Å². The standard InChI is InChI=1S/C19H36O2/c1-5-7-9-10-11-13-15-18(14-12-8-6-2)16-21-19(20)17(3)4/h18H,3,5-16H2,1-2,4H3. The molecular weight excluding hydrogens is 260 g/mol. The first-order valence-corrected chi connectivity index (χ1v) is 8.94. The van der Waals surface area contributed by atoms with Crippen LogP contribution in [0.25, 0.3) is 0 Å². The van der Waals surface area contributed by atoms with E-state index in [9.17, 15) is 4.79 Å². The molecule has 0 bridgehead atoms. The summed E-state index contributed by atoms with van der Waals surface area (Å²) in [5, 5.41) is 0. The second kappa shape index (κ2) is 14.2. The Bertz CT molecular complexity index is 271. The van der Waals surface area contributed by atoms with Gasteiger partial charge in [0.05, 0.1) is 6.61 Å². The number of unbranched alkanes of at least 4 members (excludes halogenated alkanes) is 7. The van der Waals surface area contributed by atoms with Crippen LogP contribution in [0.2, 0.25) is 0 Å². The fraction of sp³-hybridized carbons (Fsp3) is 0.842. The lowest BCUT2D eigenvalue weighted by Gasteiger charge is -2.17. The van der Waals surface area contributed by atoms with Gasteiger partial charge in [-0.1, -0.05) is 78.2 Å². The SMILES string of the molecule is C=C(C)C(=O)OCC(CCCCC)CCCCCCCC. The Morgan fingerprint density at radius 2 is 1.38 bits per heavy atom. The average molecular weight is 296 g/mol. The maximum atomic E-state index is 11.5. The molecule has 0 aromatic carbocycles. The number of esters is 1. The van der Waals surface area contributed by atoms with Gasteiger partial charge in [-0.3, -0.25) is 0 Å². The first-order chi connectivity index (χ1) is 10.1. The fourth-order valence-corrected chi connectivity index (χ4v) is 2.52. The molecule has 0 N–H and O–H groups in total. The van der Waals surface area contributed by atoms with Crippen LogP contribution in [0, 0.1) is 5.92 Å². The molecule has 0 aliphatic carbocycles. The summed E-state index contributed by atoms with van der Waals surface area (Å²) in [5.41, 5.74) is 0.502. The maximum Gasteiger partial charge on any atom is 0.333 e. The lowest BCUT2D eigenvalue weighted by atomic mass is 9.95. The molecule has 0 rings (SSSR count). The van der Waals surface area contributed by atoms with E-state index in [1.54, 1.807) is 6.92 Å². The van der Waals surface area contributed by atoms with Gasteiger partial charge in [0.1, 0.15) is 0 Å². The van der Waals surface area contributed by atoms with Gasteiger partial charge in [0, 0.05) is 5.57 Å². The largest absolute Gasteiger partial charge is 0.462 e. The minimum absolute atomic E-state index is 0.238. The normalized spacial score (nSPS) is 12.1. The van der Waals surface area contributed by atoms with Crippen molar-refractivity contribution in [3.05, 3.63) is 12.2 Å². The summed E-state index contributed by atoms with van der Waals surface area (Å²) < 4.78 is 5.35. The Kier molecular flexibility index (Phi) is 13.6. The highest BCUT2D eigenvalue weighted by molar-refractivity contribution is 5.86. The maximum absolute atomic E-state index is 11.5. The zero-order valence-electron chi connectivity index (χ0n) is 14.6. The van der Waals surface area contributed by atoms with E-state index < -0.39 is 0 Å². The summed E-state index contributed by atoms with van der Waals surface area (Å²) in [6, 6.07) is 0. The molecule has 0 aromatic rings. The number of carbonyl (C=O) groups excluding carboxylic acids is 1. The summed E-state index contributed by atoms with van der Waals surface area (Å²) in [6.07, 6.45) is 14.1. The highest BCUT2D eigenvalue weighted by atomic mass is 16.5. The smallest absolute Gasteiger partial charge is 0.333 e. The van der Waals surface area contributed by atoms with Gasteiger partial charge in [0.2, 0.25) is 0 Å². The van der Waals surface area contributed by atoms with Gasteiger partial charge in [0.15, 0.2) is 0 Å².